The van der Waals surface area contributed by atoms with Gasteiger partial charge in [-0.25, -0.2) is 4.79 Å². The van der Waals surface area contributed by atoms with Gasteiger partial charge in [0.2, 0.25) is 0 Å². The Morgan fingerprint density at radius 3 is 2.43 bits per heavy atom. The maximum Gasteiger partial charge on any atom is 0.343 e. The molecule has 9 nitrogen and oxygen atoms in total. The molecule has 0 radical (unpaired) electrons. The van der Waals surface area contributed by atoms with Crippen LogP contribution in [0.25, 0.3) is 6.08 Å². The molecule has 0 aliphatic rings. The van der Waals surface area contributed by atoms with Gasteiger partial charge in [-0.1, -0.05) is 12.1 Å². The molecule has 1 amide bonds. The SMILES string of the molecule is CCOc1cc(/C=C(/C#N)C(=O)Nc2cccc(C(=O)[O-])c2)cc(Br)c1OC(=O)c1ccc(OC)cc1. The lowest BCUT2D eigenvalue weighted by Gasteiger charge is -2.14. The van der Waals surface area contributed by atoms with Gasteiger partial charge < -0.3 is 29.4 Å². The summed E-state index contributed by atoms with van der Waals surface area (Å²) in [5.41, 5.74) is 0.520. The van der Waals surface area contributed by atoms with Gasteiger partial charge in [-0.2, -0.15) is 5.26 Å². The summed E-state index contributed by atoms with van der Waals surface area (Å²) in [4.78, 5) is 36.4. The summed E-state index contributed by atoms with van der Waals surface area (Å²) in [6, 6.07) is 16.7. The number of nitrogens with one attached hydrogen (secondary N) is 1. The quantitative estimate of drug-likeness (QED) is 0.178. The summed E-state index contributed by atoms with van der Waals surface area (Å²) in [6.07, 6.45) is 1.32. The molecule has 0 aliphatic carbocycles. The summed E-state index contributed by atoms with van der Waals surface area (Å²) in [5.74, 6) is -1.84. The molecule has 188 valence electrons. The third-order valence-electron chi connectivity index (χ3n) is 4.88. The summed E-state index contributed by atoms with van der Waals surface area (Å²) >= 11 is 3.36. The average molecular weight is 564 g/mol. The standard InChI is InChI=1S/C27H21BrN2O7/c1-3-36-23-13-16(11-19(15-29)25(31)30-20-6-4-5-18(14-20)26(32)33)12-22(28)24(23)37-27(34)17-7-9-21(35-2)10-8-17/h4-14H,3H2,1-2H3,(H,30,31)(H,32,33)/p-1/b19-11-. The van der Waals surface area contributed by atoms with Crippen molar-refractivity contribution in [3.63, 3.8) is 0 Å². The van der Waals surface area contributed by atoms with E-state index in [2.05, 4.69) is 21.2 Å². The molecule has 3 aromatic rings. The zero-order chi connectivity index (χ0) is 26.9. The van der Waals surface area contributed by atoms with Crippen molar-refractivity contribution in [2.24, 2.45) is 0 Å². The molecule has 0 spiro atoms. The molecule has 0 atom stereocenters. The van der Waals surface area contributed by atoms with Crippen LogP contribution >= 0.6 is 15.9 Å². The molecule has 3 aromatic carbocycles. The number of halogens is 1. The Labute approximate surface area is 221 Å². The van der Waals surface area contributed by atoms with Gasteiger partial charge >= 0.3 is 5.97 Å². The summed E-state index contributed by atoms with van der Waals surface area (Å²) < 4.78 is 16.6. The van der Waals surface area contributed by atoms with Crippen LogP contribution < -0.4 is 24.6 Å². The van der Waals surface area contributed by atoms with E-state index in [-0.39, 0.29) is 34.9 Å². The number of amides is 1. The first-order chi connectivity index (χ1) is 17.7. The molecule has 0 aliphatic heterocycles. The molecule has 37 heavy (non-hydrogen) atoms. The van der Waals surface area contributed by atoms with Crippen LogP contribution in [0.3, 0.4) is 0 Å². The minimum absolute atomic E-state index is 0.120. The molecule has 0 fully saturated rings. The van der Waals surface area contributed by atoms with E-state index in [9.17, 15) is 24.8 Å². The van der Waals surface area contributed by atoms with E-state index in [4.69, 9.17) is 14.2 Å². The number of esters is 1. The Hall–Kier alpha value is -4.62. The molecule has 0 bridgehead atoms. The Bertz CT molecular complexity index is 1410. The molecule has 0 saturated heterocycles. The van der Waals surface area contributed by atoms with E-state index in [1.54, 1.807) is 37.3 Å². The van der Waals surface area contributed by atoms with Gasteiger partial charge in [0.25, 0.3) is 5.91 Å². The zero-order valence-corrected chi connectivity index (χ0v) is 21.3. The molecule has 0 saturated carbocycles. The predicted octanol–water partition coefficient (Wildman–Crippen LogP) is 3.98. The predicted molar refractivity (Wildman–Crippen MR) is 136 cm³/mol. The Balaban J connectivity index is 1.87. The lowest BCUT2D eigenvalue weighted by Crippen LogP contribution is -2.22. The van der Waals surface area contributed by atoms with Gasteiger partial charge in [-0.15, -0.1) is 0 Å². The number of rotatable bonds is 9. The van der Waals surface area contributed by atoms with E-state index in [0.717, 1.165) is 0 Å². The monoisotopic (exact) mass is 563 g/mol. The largest absolute Gasteiger partial charge is 0.545 e. The maximum absolute atomic E-state index is 12.7. The summed E-state index contributed by atoms with van der Waals surface area (Å²) in [7, 11) is 1.52. The fourth-order valence-electron chi connectivity index (χ4n) is 3.15. The molecular weight excluding hydrogens is 544 g/mol. The van der Waals surface area contributed by atoms with Crippen molar-refractivity contribution in [2.45, 2.75) is 6.92 Å². The third kappa shape index (κ3) is 6.96. The Morgan fingerprint density at radius 2 is 1.81 bits per heavy atom. The van der Waals surface area contributed by atoms with Crippen LogP contribution in [0.4, 0.5) is 5.69 Å². The number of ether oxygens (including phenoxy) is 3. The van der Waals surface area contributed by atoms with Crippen LogP contribution in [-0.4, -0.2) is 31.6 Å². The first-order valence-electron chi connectivity index (χ1n) is 10.8. The number of benzene rings is 3. The van der Waals surface area contributed by atoms with E-state index < -0.39 is 17.8 Å². The topological polar surface area (TPSA) is 138 Å². The smallest absolute Gasteiger partial charge is 0.343 e. The van der Waals surface area contributed by atoms with Crippen molar-refractivity contribution in [3.8, 4) is 23.3 Å². The zero-order valence-electron chi connectivity index (χ0n) is 19.7. The highest BCUT2D eigenvalue weighted by Gasteiger charge is 2.18. The molecule has 3 rings (SSSR count). The second-order valence-corrected chi connectivity index (χ2v) is 8.23. The minimum atomic E-state index is -1.40. The number of carbonyl (C=O) groups is 3. The highest BCUT2D eigenvalue weighted by molar-refractivity contribution is 9.10. The number of hydrogen-bond acceptors (Lipinski definition) is 8. The fraction of sp³-hybridized carbons (Fsp3) is 0.111. The lowest BCUT2D eigenvalue weighted by molar-refractivity contribution is -0.255. The number of carboxylic acids is 1. The van der Waals surface area contributed by atoms with Crippen molar-refractivity contribution in [2.75, 3.05) is 19.0 Å². The fourth-order valence-corrected chi connectivity index (χ4v) is 3.69. The van der Waals surface area contributed by atoms with Crippen LogP contribution in [0.1, 0.15) is 33.2 Å². The molecule has 0 heterocycles. The van der Waals surface area contributed by atoms with Crippen molar-refractivity contribution in [3.05, 3.63) is 87.4 Å². The number of hydrogen-bond donors (Lipinski definition) is 1. The molecule has 0 aromatic heterocycles. The number of methoxy groups -OCH3 is 1. The normalized spacial score (nSPS) is 10.7. The highest BCUT2D eigenvalue weighted by atomic mass is 79.9. The number of carboxylic acid groups (broad SMARTS) is 1. The van der Waals surface area contributed by atoms with Crippen molar-refractivity contribution >= 4 is 45.5 Å². The first kappa shape index (κ1) is 27.0. The van der Waals surface area contributed by atoms with Gasteiger partial charge in [0.15, 0.2) is 11.5 Å². The van der Waals surface area contributed by atoms with Gasteiger partial charge in [-0.05, 0) is 88.6 Å². The van der Waals surface area contributed by atoms with E-state index >= 15 is 0 Å². The highest BCUT2D eigenvalue weighted by Crippen LogP contribution is 2.38. The van der Waals surface area contributed by atoms with Gasteiger partial charge in [-0.3, -0.25) is 4.79 Å². The Kier molecular flexibility index (Phi) is 9.02. The van der Waals surface area contributed by atoms with Gasteiger partial charge in [0.1, 0.15) is 17.4 Å². The summed E-state index contributed by atoms with van der Waals surface area (Å²) in [5, 5.41) is 23.1. The van der Waals surface area contributed by atoms with E-state index in [1.165, 1.54) is 43.5 Å². The second-order valence-electron chi connectivity index (χ2n) is 7.37. The van der Waals surface area contributed by atoms with Crippen LogP contribution in [0.15, 0.2) is 70.7 Å². The molecular formula is C27H20BrN2O7-. The van der Waals surface area contributed by atoms with E-state index in [0.29, 0.717) is 21.3 Å². The van der Waals surface area contributed by atoms with Gasteiger partial charge in [0.05, 0.1) is 29.7 Å². The molecule has 1 N–H and O–H groups in total. The third-order valence-corrected chi connectivity index (χ3v) is 5.47. The van der Waals surface area contributed by atoms with Crippen molar-refractivity contribution in [1.29, 1.82) is 5.26 Å². The number of nitrogens with zero attached hydrogens (tertiary/aromatic N) is 1. The lowest BCUT2D eigenvalue weighted by atomic mass is 10.1. The minimum Gasteiger partial charge on any atom is -0.545 e. The van der Waals surface area contributed by atoms with Crippen LogP contribution in [0, 0.1) is 11.3 Å². The van der Waals surface area contributed by atoms with E-state index in [1.807, 2.05) is 6.07 Å². The maximum atomic E-state index is 12.7. The number of aromatic carboxylic acids is 1. The van der Waals surface area contributed by atoms with Crippen LogP contribution in [0.2, 0.25) is 0 Å². The molecule has 10 heteroatoms. The number of carbonyl (C=O) groups excluding carboxylic acids is 3. The first-order valence-corrected chi connectivity index (χ1v) is 11.6. The number of nitriles is 1. The molecule has 0 unspecified atom stereocenters. The average Bonchev–Trinajstić information content (AvgIpc) is 2.89. The van der Waals surface area contributed by atoms with Gasteiger partial charge in [0, 0.05) is 5.69 Å². The van der Waals surface area contributed by atoms with Crippen LogP contribution in [-0.2, 0) is 4.79 Å². The second kappa shape index (κ2) is 12.4. The Morgan fingerprint density at radius 1 is 1.08 bits per heavy atom. The van der Waals surface area contributed by atoms with Crippen molar-refractivity contribution < 1.29 is 33.7 Å². The number of anilines is 1. The van der Waals surface area contributed by atoms with Crippen LogP contribution in [0.5, 0.6) is 17.2 Å². The summed E-state index contributed by atoms with van der Waals surface area (Å²) in [6.45, 7) is 2.01. The van der Waals surface area contributed by atoms with Crippen molar-refractivity contribution in [1.82, 2.24) is 0 Å².